The third-order valence-electron chi connectivity index (χ3n) is 6.10. The molecule has 0 saturated carbocycles. The summed E-state index contributed by atoms with van der Waals surface area (Å²) >= 11 is 0. The number of aryl methyl sites for hydroxylation is 1. The molecule has 1 atom stereocenters. The number of nitrogens with zero attached hydrogens (tertiary/aromatic N) is 5. The summed E-state index contributed by atoms with van der Waals surface area (Å²) in [5, 5.41) is 0. The maximum atomic E-state index is 13.6. The van der Waals surface area contributed by atoms with Gasteiger partial charge in [-0.05, 0) is 51.0 Å². The van der Waals surface area contributed by atoms with Crippen LogP contribution >= 0.6 is 0 Å². The van der Waals surface area contributed by atoms with E-state index in [1.165, 1.54) is 35.9 Å². The summed E-state index contributed by atoms with van der Waals surface area (Å²) in [6.45, 7) is 5.21. The van der Waals surface area contributed by atoms with Crippen LogP contribution in [0.2, 0.25) is 0 Å². The third kappa shape index (κ3) is 4.45. The first-order chi connectivity index (χ1) is 16.2. The lowest BCUT2D eigenvalue weighted by Crippen LogP contribution is -2.44. The fourth-order valence-electron chi connectivity index (χ4n) is 4.25. The lowest BCUT2D eigenvalue weighted by atomic mass is 10.1. The van der Waals surface area contributed by atoms with Crippen molar-refractivity contribution in [2.24, 2.45) is 12.8 Å². The molecule has 1 saturated heterocycles. The molecule has 3 heterocycles. The van der Waals surface area contributed by atoms with E-state index in [0.29, 0.717) is 19.0 Å². The summed E-state index contributed by atoms with van der Waals surface area (Å²) in [4.78, 5) is 46.1. The summed E-state index contributed by atoms with van der Waals surface area (Å²) < 4.78 is 17.2. The number of fused-ring (bicyclic) bond motifs is 1. The predicted octanol–water partition coefficient (Wildman–Crippen LogP) is 1.81. The number of piperidine rings is 1. The molecule has 1 fully saturated rings. The van der Waals surface area contributed by atoms with E-state index in [4.69, 9.17) is 5.73 Å². The lowest BCUT2D eigenvalue weighted by molar-refractivity contribution is 0.0969. The molecular formula is C24H29FN6O3. The number of imidazole rings is 1. The molecule has 3 aromatic rings. The summed E-state index contributed by atoms with van der Waals surface area (Å²) in [7, 11) is 1.53. The normalized spacial score (nSPS) is 16.1. The van der Waals surface area contributed by atoms with Crippen LogP contribution in [0.4, 0.5) is 10.3 Å². The van der Waals surface area contributed by atoms with Gasteiger partial charge in [-0.3, -0.25) is 18.7 Å². The van der Waals surface area contributed by atoms with Gasteiger partial charge >= 0.3 is 5.69 Å². The van der Waals surface area contributed by atoms with Gasteiger partial charge in [-0.25, -0.2) is 9.18 Å². The number of carbonyl (C=O) groups is 1. The highest BCUT2D eigenvalue weighted by atomic mass is 19.1. The van der Waals surface area contributed by atoms with Gasteiger partial charge in [0, 0.05) is 38.3 Å². The highest BCUT2D eigenvalue weighted by Gasteiger charge is 2.26. The minimum absolute atomic E-state index is 0.000673. The van der Waals surface area contributed by atoms with Crippen molar-refractivity contribution in [3.63, 3.8) is 0 Å². The van der Waals surface area contributed by atoms with Crippen molar-refractivity contribution in [3.05, 3.63) is 68.1 Å². The molecule has 1 aliphatic heterocycles. The van der Waals surface area contributed by atoms with Gasteiger partial charge in [-0.15, -0.1) is 0 Å². The number of ketones is 1. The van der Waals surface area contributed by atoms with E-state index in [1.807, 2.05) is 24.8 Å². The SMILES string of the molecule is CC(C)=CCn1c(N2CCCC(N)C2)nc2c1c(=O)n(CC(=O)c1ccc(F)cc1)c(=O)n2C. The molecule has 4 rings (SSSR count). The first-order valence-electron chi connectivity index (χ1n) is 11.3. The Hall–Kier alpha value is -3.53. The van der Waals surface area contributed by atoms with Crippen molar-refractivity contribution in [3.8, 4) is 0 Å². The Morgan fingerprint density at radius 2 is 1.91 bits per heavy atom. The molecule has 0 aliphatic carbocycles. The first kappa shape index (κ1) is 23.6. The second kappa shape index (κ2) is 9.38. The first-order valence-corrected chi connectivity index (χ1v) is 11.3. The molecule has 1 aromatic carbocycles. The van der Waals surface area contributed by atoms with E-state index in [0.717, 1.165) is 29.5 Å². The average Bonchev–Trinajstić information content (AvgIpc) is 3.19. The molecule has 2 aromatic heterocycles. The molecule has 0 amide bonds. The molecule has 0 spiro atoms. The maximum absolute atomic E-state index is 13.6. The Kier molecular flexibility index (Phi) is 6.52. The number of allylic oxidation sites excluding steroid dienone is 2. The van der Waals surface area contributed by atoms with Gasteiger partial charge < -0.3 is 15.2 Å². The quantitative estimate of drug-likeness (QED) is 0.437. The zero-order valence-electron chi connectivity index (χ0n) is 19.6. The number of nitrogens with two attached hydrogens (primary N) is 1. The molecule has 34 heavy (non-hydrogen) atoms. The lowest BCUT2D eigenvalue weighted by Gasteiger charge is -2.31. The highest BCUT2D eigenvalue weighted by Crippen LogP contribution is 2.23. The second-order valence-corrected chi connectivity index (χ2v) is 8.99. The maximum Gasteiger partial charge on any atom is 0.332 e. The van der Waals surface area contributed by atoms with Gasteiger partial charge in [0.15, 0.2) is 16.9 Å². The van der Waals surface area contributed by atoms with Crippen molar-refractivity contribution in [2.45, 2.75) is 45.8 Å². The molecule has 10 heteroatoms. The Balaban J connectivity index is 1.87. The summed E-state index contributed by atoms with van der Waals surface area (Å²) in [5.74, 6) is -0.354. The van der Waals surface area contributed by atoms with Crippen molar-refractivity contribution in [1.29, 1.82) is 0 Å². The highest BCUT2D eigenvalue weighted by molar-refractivity contribution is 5.96. The van der Waals surface area contributed by atoms with Crippen LogP contribution in [-0.4, -0.2) is 43.6 Å². The second-order valence-electron chi connectivity index (χ2n) is 8.99. The number of hydrogen-bond acceptors (Lipinski definition) is 6. The van der Waals surface area contributed by atoms with Crippen LogP contribution in [0.3, 0.4) is 0 Å². The minimum atomic E-state index is -0.637. The van der Waals surface area contributed by atoms with E-state index in [-0.39, 0.29) is 22.8 Å². The monoisotopic (exact) mass is 468 g/mol. The van der Waals surface area contributed by atoms with Crippen LogP contribution in [-0.2, 0) is 20.1 Å². The van der Waals surface area contributed by atoms with Crippen LogP contribution in [0.5, 0.6) is 0 Å². The van der Waals surface area contributed by atoms with Crippen LogP contribution < -0.4 is 21.9 Å². The number of Topliss-reactive ketones (excluding diaryl/α,β-unsaturated/α-hetero) is 1. The van der Waals surface area contributed by atoms with Crippen molar-refractivity contribution in [1.82, 2.24) is 18.7 Å². The van der Waals surface area contributed by atoms with Gasteiger partial charge in [-0.1, -0.05) is 11.6 Å². The van der Waals surface area contributed by atoms with E-state index in [2.05, 4.69) is 4.98 Å². The molecule has 0 bridgehead atoms. The Morgan fingerprint density at radius 1 is 1.21 bits per heavy atom. The van der Waals surface area contributed by atoms with E-state index in [9.17, 15) is 18.8 Å². The fourth-order valence-corrected chi connectivity index (χ4v) is 4.25. The average molecular weight is 469 g/mol. The van der Waals surface area contributed by atoms with Gasteiger partial charge in [0.2, 0.25) is 5.95 Å². The molecule has 1 unspecified atom stereocenters. The zero-order valence-corrected chi connectivity index (χ0v) is 19.6. The predicted molar refractivity (Wildman–Crippen MR) is 129 cm³/mol. The van der Waals surface area contributed by atoms with Crippen LogP contribution in [0.1, 0.15) is 37.0 Å². The van der Waals surface area contributed by atoms with Crippen LogP contribution in [0, 0.1) is 5.82 Å². The standard InChI is InChI=1S/C24H29FN6O3/c1-15(2)10-12-30-20-21(27-23(30)29-11-4-5-18(26)13-29)28(3)24(34)31(22(20)33)14-19(32)16-6-8-17(25)9-7-16/h6-10,18H,4-5,11-14,26H2,1-3H3. The van der Waals surface area contributed by atoms with Gasteiger partial charge in [-0.2, -0.15) is 4.98 Å². The van der Waals surface area contributed by atoms with E-state index in [1.54, 1.807) is 4.57 Å². The summed E-state index contributed by atoms with van der Waals surface area (Å²) in [6.07, 6.45) is 3.80. The molecule has 1 aliphatic rings. The van der Waals surface area contributed by atoms with Gasteiger partial charge in [0.1, 0.15) is 5.82 Å². The topological polar surface area (TPSA) is 108 Å². The smallest absolute Gasteiger partial charge is 0.332 e. The van der Waals surface area contributed by atoms with Crippen LogP contribution in [0.25, 0.3) is 11.2 Å². The van der Waals surface area contributed by atoms with E-state index < -0.39 is 29.4 Å². The van der Waals surface area contributed by atoms with Crippen molar-refractivity contribution >= 4 is 22.9 Å². The van der Waals surface area contributed by atoms with E-state index >= 15 is 0 Å². The number of aromatic nitrogens is 4. The number of rotatable bonds is 6. The number of benzene rings is 1. The Bertz CT molecular complexity index is 1380. The summed E-state index contributed by atoms with van der Waals surface area (Å²) in [6, 6.07) is 5.01. The Morgan fingerprint density at radius 3 is 2.56 bits per heavy atom. The number of anilines is 1. The number of carbonyl (C=O) groups excluding carboxylic acids is 1. The molecule has 0 radical (unpaired) electrons. The van der Waals surface area contributed by atoms with Crippen molar-refractivity contribution in [2.75, 3.05) is 18.0 Å². The number of halogens is 1. The fraction of sp³-hybridized carbons (Fsp3) is 0.417. The molecular weight excluding hydrogens is 439 g/mol. The molecule has 180 valence electrons. The van der Waals surface area contributed by atoms with Gasteiger partial charge in [0.05, 0.1) is 6.54 Å². The largest absolute Gasteiger partial charge is 0.341 e. The number of hydrogen-bond donors (Lipinski definition) is 1. The third-order valence-corrected chi connectivity index (χ3v) is 6.10. The zero-order chi connectivity index (χ0) is 24.6. The Labute approximate surface area is 195 Å². The van der Waals surface area contributed by atoms with Crippen molar-refractivity contribution < 1.29 is 9.18 Å². The summed E-state index contributed by atoms with van der Waals surface area (Å²) in [5.41, 5.74) is 6.76. The van der Waals surface area contributed by atoms with Crippen LogP contribution in [0.15, 0.2) is 45.5 Å². The molecule has 2 N–H and O–H groups in total. The minimum Gasteiger partial charge on any atom is -0.341 e. The molecule has 9 nitrogen and oxygen atoms in total. The van der Waals surface area contributed by atoms with Gasteiger partial charge in [0.25, 0.3) is 5.56 Å².